The molecule has 132 valence electrons. The van der Waals surface area contributed by atoms with Crippen molar-refractivity contribution >= 4 is 27.9 Å². The third-order valence-corrected chi connectivity index (χ3v) is 5.12. The Bertz CT molecular complexity index is 1080. The van der Waals surface area contributed by atoms with Crippen LogP contribution in [-0.4, -0.2) is 34.0 Å². The molecule has 0 aliphatic rings. The van der Waals surface area contributed by atoms with Crippen LogP contribution < -0.4 is 9.47 Å². The first-order valence-corrected chi connectivity index (χ1v) is 9.05. The van der Waals surface area contributed by atoms with Gasteiger partial charge in [-0.2, -0.15) is 9.61 Å². The highest BCUT2D eigenvalue weighted by atomic mass is 35.5. The minimum Gasteiger partial charge on any atom is -0.493 e. The van der Waals surface area contributed by atoms with Crippen LogP contribution in [0.1, 0.15) is 11.4 Å². The standard InChI is InChI=1S/C18H15ClN4O2S/c1-24-14-7-6-11(8-15(14)25-2)9-16-20-21-18-23(16)22-17(26-18)12-4-3-5-13(19)10-12/h3-8,10H,9H2,1-2H3. The molecule has 0 saturated carbocycles. The summed E-state index contributed by atoms with van der Waals surface area (Å²) in [4.78, 5) is 0.746. The lowest BCUT2D eigenvalue weighted by molar-refractivity contribution is 0.354. The van der Waals surface area contributed by atoms with E-state index >= 15 is 0 Å². The zero-order valence-electron chi connectivity index (χ0n) is 14.1. The van der Waals surface area contributed by atoms with Crippen LogP contribution in [0.4, 0.5) is 0 Å². The molecule has 0 aliphatic heterocycles. The van der Waals surface area contributed by atoms with Gasteiger partial charge >= 0.3 is 0 Å². The van der Waals surface area contributed by atoms with Gasteiger partial charge < -0.3 is 9.47 Å². The van der Waals surface area contributed by atoms with Crippen molar-refractivity contribution in [2.45, 2.75) is 6.42 Å². The summed E-state index contributed by atoms with van der Waals surface area (Å²) in [5, 5.41) is 14.7. The van der Waals surface area contributed by atoms with Crippen molar-refractivity contribution in [2.75, 3.05) is 14.2 Å². The van der Waals surface area contributed by atoms with Crippen molar-refractivity contribution in [2.24, 2.45) is 0 Å². The predicted octanol–water partition coefficient (Wildman–Crippen LogP) is 4.11. The maximum absolute atomic E-state index is 6.08. The zero-order valence-corrected chi connectivity index (χ0v) is 15.7. The van der Waals surface area contributed by atoms with E-state index in [9.17, 15) is 0 Å². The van der Waals surface area contributed by atoms with Gasteiger partial charge in [0.15, 0.2) is 17.3 Å². The number of methoxy groups -OCH3 is 2. The van der Waals surface area contributed by atoms with Gasteiger partial charge in [0.05, 0.1) is 14.2 Å². The molecule has 8 heteroatoms. The van der Waals surface area contributed by atoms with E-state index in [2.05, 4.69) is 15.3 Å². The van der Waals surface area contributed by atoms with Crippen LogP contribution in [0.5, 0.6) is 11.5 Å². The molecule has 0 atom stereocenters. The van der Waals surface area contributed by atoms with E-state index in [4.69, 9.17) is 21.1 Å². The van der Waals surface area contributed by atoms with Gasteiger partial charge in [-0.15, -0.1) is 10.2 Å². The minimum absolute atomic E-state index is 0.584. The highest BCUT2D eigenvalue weighted by Crippen LogP contribution is 2.30. The van der Waals surface area contributed by atoms with E-state index in [1.54, 1.807) is 18.7 Å². The molecule has 26 heavy (non-hydrogen) atoms. The van der Waals surface area contributed by atoms with E-state index in [0.717, 1.165) is 26.9 Å². The number of aromatic nitrogens is 4. The van der Waals surface area contributed by atoms with Crippen LogP contribution in [0.25, 0.3) is 15.5 Å². The number of fused-ring (bicyclic) bond motifs is 1. The molecular formula is C18H15ClN4O2S. The van der Waals surface area contributed by atoms with Crippen LogP contribution in [0.3, 0.4) is 0 Å². The molecular weight excluding hydrogens is 372 g/mol. The fourth-order valence-electron chi connectivity index (χ4n) is 2.68. The Morgan fingerprint density at radius 2 is 1.88 bits per heavy atom. The van der Waals surface area contributed by atoms with Gasteiger partial charge in [0, 0.05) is 17.0 Å². The minimum atomic E-state index is 0.584. The molecule has 0 fully saturated rings. The van der Waals surface area contributed by atoms with E-state index in [1.165, 1.54) is 11.3 Å². The monoisotopic (exact) mass is 386 g/mol. The highest BCUT2D eigenvalue weighted by Gasteiger charge is 2.14. The molecule has 4 aromatic rings. The van der Waals surface area contributed by atoms with Crippen LogP contribution in [0.15, 0.2) is 42.5 Å². The number of hydrogen-bond donors (Lipinski definition) is 0. The van der Waals surface area contributed by atoms with Gasteiger partial charge in [-0.1, -0.05) is 41.1 Å². The van der Waals surface area contributed by atoms with Gasteiger partial charge in [-0.05, 0) is 29.8 Å². The topological polar surface area (TPSA) is 61.5 Å². The second kappa shape index (κ2) is 6.93. The summed E-state index contributed by atoms with van der Waals surface area (Å²) in [6.07, 6.45) is 0.584. The summed E-state index contributed by atoms with van der Waals surface area (Å²) >= 11 is 7.56. The molecule has 0 saturated heterocycles. The second-order valence-electron chi connectivity index (χ2n) is 5.59. The van der Waals surface area contributed by atoms with E-state index in [1.807, 2.05) is 42.5 Å². The van der Waals surface area contributed by atoms with Crippen molar-refractivity contribution in [3.05, 3.63) is 58.9 Å². The Morgan fingerprint density at radius 1 is 1.04 bits per heavy atom. The van der Waals surface area contributed by atoms with Crippen LogP contribution in [-0.2, 0) is 6.42 Å². The first-order chi connectivity index (χ1) is 12.7. The molecule has 0 amide bonds. The summed E-state index contributed by atoms with van der Waals surface area (Å²) in [6.45, 7) is 0. The van der Waals surface area contributed by atoms with Gasteiger partial charge in [-0.3, -0.25) is 0 Å². The molecule has 0 aliphatic carbocycles. The fourth-order valence-corrected chi connectivity index (χ4v) is 3.72. The van der Waals surface area contributed by atoms with Gasteiger partial charge in [0.2, 0.25) is 4.96 Å². The smallest absolute Gasteiger partial charge is 0.234 e. The number of benzene rings is 2. The SMILES string of the molecule is COc1ccc(Cc2nnc3sc(-c4cccc(Cl)c4)nn23)cc1OC. The van der Waals surface area contributed by atoms with Crippen molar-refractivity contribution in [1.82, 2.24) is 19.8 Å². The Hall–Kier alpha value is -2.64. The molecule has 0 unspecified atom stereocenters. The largest absolute Gasteiger partial charge is 0.493 e. The molecule has 2 aromatic heterocycles. The maximum Gasteiger partial charge on any atom is 0.234 e. The molecule has 0 N–H and O–H groups in total. The van der Waals surface area contributed by atoms with Crippen LogP contribution >= 0.6 is 22.9 Å². The molecule has 6 nitrogen and oxygen atoms in total. The quantitative estimate of drug-likeness (QED) is 0.516. The lowest BCUT2D eigenvalue weighted by atomic mass is 10.1. The number of hydrogen-bond acceptors (Lipinski definition) is 6. The zero-order chi connectivity index (χ0) is 18.1. The lowest BCUT2D eigenvalue weighted by Gasteiger charge is -2.08. The summed E-state index contributed by atoms with van der Waals surface area (Å²) < 4.78 is 12.4. The molecule has 2 heterocycles. The molecule has 0 bridgehead atoms. The van der Waals surface area contributed by atoms with Gasteiger partial charge in [0.25, 0.3) is 0 Å². The molecule has 4 rings (SSSR count). The normalized spacial score (nSPS) is 11.0. The van der Waals surface area contributed by atoms with E-state index in [-0.39, 0.29) is 0 Å². The van der Waals surface area contributed by atoms with Crippen molar-refractivity contribution < 1.29 is 9.47 Å². The highest BCUT2D eigenvalue weighted by molar-refractivity contribution is 7.19. The first kappa shape index (κ1) is 16.8. The van der Waals surface area contributed by atoms with Crippen molar-refractivity contribution in [3.63, 3.8) is 0 Å². The Kier molecular flexibility index (Phi) is 4.48. The fraction of sp³-hybridized carbons (Fsp3) is 0.167. The van der Waals surface area contributed by atoms with E-state index < -0.39 is 0 Å². The summed E-state index contributed by atoms with van der Waals surface area (Å²) in [5.74, 6) is 2.14. The van der Waals surface area contributed by atoms with Crippen molar-refractivity contribution in [1.29, 1.82) is 0 Å². The van der Waals surface area contributed by atoms with Gasteiger partial charge in [0.1, 0.15) is 5.01 Å². The Labute approximate surface area is 159 Å². The average molecular weight is 387 g/mol. The summed E-state index contributed by atoms with van der Waals surface area (Å²) in [5.41, 5.74) is 2.00. The maximum atomic E-state index is 6.08. The van der Waals surface area contributed by atoms with Crippen molar-refractivity contribution in [3.8, 4) is 22.1 Å². The third-order valence-electron chi connectivity index (χ3n) is 3.94. The number of halogens is 1. The first-order valence-electron chi connectivity index (χ1n) is 7.86. The Morgan fingerprint density at radius 3 is 2.65 bits per heavy atom. The van der Waals surface area contributed by atoms with Gasteiger partial charge in [-0.25, -0.2) is 0 Å². The summed E-state index contributed by atoms with van der Waals surface area (Å²) in [6, 6.07) is 13.4. The average Bonchev–Trinajstić information content (AvgIpc) is 3.23. The number of ether oxygens (including phenoxy) is 2. The molecule has 0 radical (unpaired) electrons. The molecule has 2 aromatic carbocycles. The Balaban J connectivity index is 1.67. The predicted molar refractivity (Wildman–Crippen MR) is 101 cm³/mol. The third kappa shape index (κ3) is 3.11. The van der Waals surface area contributed by atoms with E-state index in [0.29, 0.717) is 22.9 Å². The van der Waals surface area contributed by atoms with Crippen LogP contribution in [0.2, 0.25) is 5.02 Å². The second-order valence-corrected chi connectivity index (χ2v) is 6.99. The lowest BCUT2D eigenvalue weighted by Crippen LogP contribution is -1.99. The van der Waals surface area contributed by atoms with Crippen LogP contribution in [0, 0.1) is 0 Å². The molecule has 0 spiro atoms. The summed E-state index contributed by atoms with van der Waals surface area (Å²) in [7, 11) is 3.24. The number of rotatable bonds is 5. The number of nitrogens with zero attached hydrogens (tertiary/aromatic N) is 4.